The lowest BCUT2D eigenvalue weighted by Gasteiger charge is -2.33. The molecule has 3 atom stereocenters. The zero-order chi connectivity index (χ0) is 19.3. The number of hydrogen-bond donors (Lipinski definition) is 1. The summed E-state index contributed by atoms with van der Waals surface area (Å²) in [5.41, 5.74) is 3.54. The molecular formula is C24H31NO3. The van der Waals surface area contributed by atoms with Crippen LogP contribution in [0.4, 0.5) is 0 Å². The van der Waals surface area contributed by atoms with Gasteiger partial charge >= 0.3 is 0 Å². The molecule has 0 unspecified atom stereocenters. The predicted octanol–water partition coefficient (Wildman–Crippen LogP) is 4.26. The van der Waals surface area contributed by atoms with Crippen molar-refractivity contribution in [1.82, 2.24) is 4.90 Å². The number of benzene rings is 2. The van der Waals surface area contributed by atoms with Gasteiger partial charge in [0.1, 0.15) is 5.75 Å². The molecule has 2 aromatic rings. The van der Waals surface area contributed by atoms with Crippen LogP contribution in [0.15, 0.2) is 48.5 Å². The van der Waals surface area contributed by atoms with Gasteiger partial charge < -0.3 is 14.6 Å². The van der Waals surface area contributed by atoms with Gasteiger partial charge in [-0.05, 0) is 61.2 Å². The number of piperidine rings is 1. The summed E-state index contributed by atoms with van der Waals surface area (Å²) >= 11 is 0. The normalized spacial score (nSPS) is 25.7. The average Bonchev–Trinajstić information content (AvgIpc) is 3.14. The molecule has 150 valence electrons. The molecule has 2 fully saturated rings. The van der Waals surface area contributed by atoms with E-state index in [4.69, 9.17) is 9.47 Å². The monoisotopic (exact) mass is 381 g/mol. The zero-order valence-corrected chi connectivity index (χ0v) is 16.7. The molecule has 2 aliphatic rings. The first-order valence-corrected chi connectivity index (χ1v) is 10.5. The fourth-order valence-corrected chi connectivity index (χ4v) is 4.52. The quantitative estimate of drug-likeness (QED) is 0.812. The molecule has 1 heterocycles. The fourth-order valence-electron chi connectivity index (χ4n) is 4.52. The Balaban J connectivity index is 1.30. The molecule has 1 aliphatic carbocycles. The maximum Gasteiger partial charge on any atom is 0.118 e. The Morgan fingerprint density at radius 2 is 1.54 bits per heavy atom. The topological polar surface area (TPSA) is 41.9 Å². The Morgan fingerprint density at radius 3 is 2.18 bits per heavy atom. The number of aliphatic hydroxyl groups is 1. The van der Waals surface area contributed by atoms with Crippen molar-refractivity contribution in [3.05, 3.63) is 54.1 Å². The molecule has 28 heavy (non-hydrogen) atoms. The van der Waals surface area contributed by atoms with Crippen LogP contribution in [-0.4, -0.2) is 48.5 Å². The van der Waals surface area contributed by atoms with E-state index in [1.807, 2.05) is 12.1 Å². The van der Waals surface area contributed by atoms with Crippen molar-refractivity contribution in [2.24, 2.45) is 0 Å². The van der Waals surface area contributed by atoms with Crippen molar-refractivity contribution in [3.8, 4) is 16.9 Å². The van der Waals surface area contributed by atoms with E-state index in [9.17, 15) is 5.11 Å². The van der Waals surface area contributed by atoms with E-state index >= 15 is 0 Å². The lowest BCUT2D eigenvalue weighted by Crippen LogP contribution is -2.43. The maximum atomic E-state index is 10.5. The van der Waals surface area contributed by atoms with Crippen LogP contribution in [0.1, 0.15) is 37.7 Å². The number of nitrogens with zero attached hydrogens (tertiary/aromatic N) is 1. The molecule has 0 radical (unpaired) electrons. The Bertz CT molecular complexity index is 737. The summed E-state index contributed by atoms with van der Waals surface area (Å²) in [4.78, 5) is 2.47. The first-order chi connectivity index (χ1) is 13.7. The number of aliphatic hydroxyl groups excluding tert-OH is 1. The second kappa shape index (κ2) is 9.08. The van der Waals surface area contributed by atoms with E-state index in [0.29, 0.717) is 6.61 Å². The molecule has 1 saturated carbocycles. The maximum absolute atomic E-state index is 10.5. The second-order valence-electron chi connectivity index (χ2n) is 8.06. The zero-order valence-electron chi connectivity index (χ0n) is 16.7. The first-order valence-electron chi connectivity index (χ1n) is 10.5. The van der Waals surface area contributed by atoms with Crippen molar-refractivity contribution in [1.29, 1.82) is 0 Å². The minimum absolute atomic E-state index is 0.156. The van der Waals surface area contributed by atoms with Gasteiger partial charge in [-0.25, -0.2) is 0 Å². The van der Waals surface area contributed by atoms with Gasteiger partial charge in [0.25, 0.3) is 0 Å². The van der Waals surface area contributed by atoms with E-state index < -0.39 is 0 Å². The van der Waals surface area contributed by atoms with Gasteiger partial charge in [0, 0.05) is 12.5 Å². The Kier molecular flexibility index (Phi) is 6.30. The molecule has 0 bridgehead atoms. The summed E-state index contributed by atoms with van der Waals surface area (Å²) in [6.07, 6.45) is 5.45. The van der Waals surface area contributed by atoms with E-state index in [1.54, 1.807) is 7.11 Å². The van der Waals surface area contributed by atoms with Crippen molar-refractivity contribution >= 4 is 0 Å². The third-order valence-corrected chi connectivity index (χ3v) is 6.18. The van der Waals surface area contributed by atoms with Crippen LogP contribution in [0, 0.1) is 0 Å². The summed E-state index contributed by atoms with van der Waals surface area (Å²) in [5.74, 6) is 0.871. The van der Waals surface area contributed by atoms with Gasteiger partial charge in [0.2, 0.25) is 0 Å². The van der Waals surface area contributed by atoms with Crippen molar-refractivity contribution < 1.29 is 14.6 Å². The van der Waals surface area contributed by atoms with Gasteiger partial charge in [-0.2, -0.15) is 0 Å². The molecule has 1 aliphatic heterocycles. The lowest BCUT2D eigenvalue weighted by molar-refractivity contribution is 0.0356. The summed E-state index contributed by atoms with van der Waals surface area (Å²) in [7, 11) is 1.68. The van der Waals surface area contributed by atoms with Crippen LogP contribution in [0.5, 0.6) is 5.75 Å². The smallest absolute Gasteiger partial charge is 0.118 e. The molecule has 0 amide bonds. The Morgan fingerprint density at radius 1 is 0.893 bits per heavy atom. The third-order valence-electron chi connectivity index (χ3n) is 6.18. The number of methoxy groups -OCH3 is 1. The van der Waals surface area contributed by atoms with Gasteiger partial charge in [-0.1, -0.05) is 42.8 Å². The van der Waals surface area contributed by atoms with Crippen LogP contribution >= 0.6 is 0 Å². The molecule has 0 aromatic heterocycles. The van der Waals surface area contributed by atoms with Crippen molar-refractivity contribution in [3.63, 3.8) is 0 Å². The minimum Gasteiger partial charge on any atom is -0.497 e. The van der Waals surface area contributed by atoms with Gasteiger partial charge in [0.15, 0.2) is 0 Å². The summed E-state index contributed by atoms with van der Waals surface area (Å²) in [6.45, 7) is 2.86. The molecule has 1 N–H and O–H groups in total. The second-order valence-corrected chi connectivity index (χ2v) is 8.06. The molecular weight excluding hydrogens is 350 g/mol. The minimum atomic E-state index is -0.249. The number of ether oxygens (including phenoxy) is 2. The fraction of sp³-hybridized carbons (Fsp3) is 0.500. The number of hydrogen-bond acceptors (Lipinski definition) is 4. The SMILES string of the molecule is COc1ccc(-c2ccc(CO[C@@H]3C[C@@H](O)[C@@H](N4CCCCC4)C3)cc2)cc1. The van der Waals surface area contributed by atoms with Gasteiger partial charge in [-0.3, -0.25) is 4.90 Å². The molecule has 0 spiro atoms. The van der Waals surface area contributed by atoms with Crippen LogP contribution < -0.4 is 4.74 Å². The summed E-state index contributed by atoms with van der Waals surface area (Å²) < 4.78 is 11.4. The highest BCUT2D eigenvalue weighted by Gasteiger charge is 2.37. The van der Waals surface area contributed by atoms with Crippen LogP contribution in [0.3, 0.4) is 0 Å². The first kappa shape index (κ1) is 19.4. The molecule has 2 aromatic carbocycles. The molecule has 4 heteroatoms. The van der Waals surface area contributed by atoms with Crippen molar-refractivity contribution in [2.75, 3.05) is 20.2 Å². The predicted molar refractivity (Wildman–Crippen MR) is 111 cm³/mol. The van der Waals surface area contributed by atoms with Crippen LogP contribution in [0.25, 0.3) is 11.1 Å². The lowest BCUT2D eigenvalue weighted by atomic mass is 10.0. The standard InChI is InChI=1S/C24H31NO3/c1-27-21-11-9-20(10-12-21)19-7-5-18(6-8-19)17-28-22-15-23(24(26)16-22)25-13-3-2-4-14-25/h5-12,22-24,26H,2-4,13-17H2,1H3/t22-,23-,24+/m0/s1. The van der Waals surface area contributed by atoms with Gasteiger partial charge in [0.05, 0.1) is 25.9 Å². The van der Waals surface area contributed by atoms with E-state index in [-0.39, 0.29) is 18.2 Å². The highest BCUT2D eigenvalue weighted by molar-refractivity contribution is 5.64. The number of likely N-dealkylation sites (tertiary alicyclic amines) is 1. The largest absolute Gasteiger partial charge is 0.497 e. The Labute approximate surface area is 168 Å². The summed E-state index contributed by atoms with van der Waals surface area (Å²) in [5, 5.41) is 10.5. The van der Waals surface area contributed by atoms with E-state index in [2.05, 4.69) is 41.3 Å². The highest BCUT2D eigenvalue weighted by atomic mass is 16.5. The van der Waals surface area contributed by atoms with Crippen molar-refractivity contribution in [2.45, 2.75) is 57.0 Å². The Hall–Kier alpha value is -1.88. The van der Waals surface area contributed by atoms with Crippen LogP contribution in [0.2, 0.25) is 0 Å². The number of rotatable bonds is 6. The average molecular weight is 382 g/mol. The third kappa shape index (κ3) is 4.57. The van der Waals surface area contributed by atoms with Gasteiger partial charge in [-0.15, -0.1) is 0 Å². The van der Waals surface area contributed by atoms with E-state index in [0.717, 1.165) is 31.7 Å². The summed E-state index contributed by atoms with van der Waals surface area (Å²) in [6, 6.07) is 16.9. The highest BCUT2D eigenvalue weighted by Crippen LogP contribution is 2.30. The van der Waals surface area contributed by atoms with E-state index in [1.165, 1.54) is 36.0 Å². The molecule has 4 rings (SSSR count). The molecule has 4 nitrogen and oxygen atoms in total. The van der Waals surface area contributed by atoms with Crippen LogP contribution in [-0.2, 0) is 11.3 Å². The molecule has 1 saturated heterocycles.